The van der Waals surface area contributed by atoms with Gasteiger partial charge in [-0.1, -0.05) is 29.8 Å². The summed E-state index contributed by atoms with van der Waals surface area (Å²) in [7, 11) is -9.71. The van der Waals surface area contributed by atoms with Crippen LogP contribution in [0.15, 0.2) is 24.3 Å². The molecule has 0 bridgehead atoms. The zero-order chi connectivity index (χ0) is 14.7. The van der Waals surface area contributed by atoms with Gasteiger partial charge in [-0.15, -0.1) is 0 Å². The third-order valence-corrected chi connectivity index (χ3v) is 6.24. The first-order chi connectivity index (χ1) is 8.60. The van der Waals surface area contributed by atoms with Gasteiger partial charge in [0.05, 0.1) is 0 Å². The minimum Gasteiger partial charge on any atom is -0.324 e. The van der Waals surface area contributed by atoms with Gasteiger partial charge >= 0.3 is 15.2 Å². The Morgan fingerprint density at radius 2 is 1.74 bits per heavy atom. The highest BCUT2D eigenvalue weighted by molar-refractivity contribution is 7.70. The molecule has 1 aromatic rings. The van der Waals surface area contributed by atoms with Gasteiger partial charge in [-0.05, 0) is 12.5 Å². The van der Waals surface area contributed by atoms with E-state index in [-0.39, 0.29) is 6.54 Å². The molecular weight excluding hydrogens is 292 g/mol. The lowest BCUT2D eigenvalue weighted by atomic mass is 10.1. The molecule has 108 valence electrons. The van der Waals surface area contributed by atoms with E-state index in [4.69, 9.17) is 19.6 Å². The second kappa shape index (κ2) is 6.29. The summed E-state index contributed by atoms with van der Waals surface area (Å²) in [4.78, 5) is 35.7. The van der Waals surface area contributed by atoms with Crippen LogP contribution in [-0.2, 0) is 15.7 Å². The van der Waals surface area contributed by atoms with Crippen molar-refractivity contribution in [3.8, 4) is 0 Å². The Balaban J connectivity index is 2.64. The van der Waals surface area contributed by atoms with Crippen molar-refractivity contribution in [1.82, 2.24) is 5.32 Å². The summed E-state index contributed by atoms with van der Waals surface area (Å²) in [6.45, 7) is 1.72. The molecule has 0 fully saturated rings. The lowest BCUT2D eigenvalue weighted by molar-refractivity contribution is 0.336. The van der Waals surface area contributed by atoms with Crippen LogP contribution in [0.3, 0.4) is 0 Å². The number of hydrogen-bond donors (Lipinski definition) is 5. The maximum absolute atomic E-state index is 11.0. The second-order valence-electron chi connectivity index (χ2n) is 4.28. The topological polar surface area (TPSA) is 127 Å². The first-order valence-corrected chi connectivity index (χ1v) is 8.83. The average molecular weight is 309 g/mol. The van der Waals surface area contributed by atoms with Crippen molar-refractivity contribution < 1.29 is 28.7 Å². The molecule has 0 spiro atoms. The molecular formula is C10H17NO6P2. The summed E-state index contributed by atoms with van der Waals surface area (Å²) in [5.74, 6) is 0. The Bertz CT molecular complexity index is 501. The third kappa shape index (κ3) is 5.55. The maximum Gasteiger partial charge on any atom is 0.342 e. The number of nitrogens with one attached hydrogen (secondary N) is 1. The van der Waals surface area contributed by atoms with Crippen LogP contribution >= 0.6 is 15.2 Å². The zero-order valence-electron chi connectivity index (χ0n) is 10.3. The van der Waals surface area contributed by atoms with Crippen LogP contribution in [0.1, 0.15) is 11.1 Å². The highest BCUT2D eigenvalue weighted by atomic mass is 31.2. The summed E-state index contributed by atoms with van der Waals surface area (Å²) >= 11 is 0. The third-order valence-electron chi connectivity index (χ3n) is 2.52. The predicted molar refractivity (Wildman–Crippen MR) is 70.8 cm³/mol. The fourth-order valence-corrected chi connectivity index (χ4v) is 3.90. The smallest absolute Gasteiger partial charge is 0.324 e. The number of rotatable bonds is 6. The Hall–Kier alpha value is -0.520. The molecule has 0 aromatic heterocycles. The molecule has 0 unspecified atom stereocenters. The Labute approximate surface area is 111 Å². The highest BCUT2D eigenvalue weighted by Crippen LogP contribution is 2.59. The van der Waals surface area contributed by atoms with Crippen LogP contribution in [0, 0.1) is 6.92 Å². The van der Waals surface area contributed by atoms with Crippen molar-refractivity contribution in [2.75, 3.05) is 6.54 Å². The number of hydrogen-bond acceptors (Lipinski definition) is 3. The Morgan fingerprint density at radius 3 is 2.21 bits per heavy atom. The van der Waals surface area contributed by atoms with Crippen molar-refractivity contribution in [3.05, 3.63) is 35.4 Å². The molecule has 0 amide bonds. The second-order valence-corrected chi connectivity index (χ2v) is 8.29. The minimum absolute atomic E-state index is 0.276. The lowest BCUT2D eigenvalue weighted by Crippen LogP contribution is -2.26. The first kappa shape index (κ1) is 16.5. The largest absolute Gasteiger partial charge is 0.342 e. The summed E-state index contributed by atoms with van der Waals surface area (Å²) in [6, 6.07) is 7.41. The van der Waals surface area contributed by atoms with E-state index in [0.717, 1.165) is 11.1 Å². The number of aryl methyl sites for hydroxylation is 1. The Kier molecular flexibility index (Phi) is 5.47. The van der Waals surface area contributed by atoms with Gasteiger partial charge in [0, 0.05) is 13.1 Å². The SMILES string of the molecule is Cc1cccc(CNCC(P(=O)(O)O)P(=O)(O)O)c1. The maximum atomic E-state index is 11.0. The lowest BCUT2D eigenvalue weighted by Gasteiger charge is -2.19. The molecule has 0 atom stereocenters. The van der Waals surface area contributed by atoms with Gasteiger partial charge in [0.1, 0.15) is 0 Å². The summed E-state index contributed by atoms with van der Waals surface area (Å²) in [5.41, 5.74) is 1.90. The molecule has 0 aliphatic rings. The molecule has 1 aromatic carbocycles. The average Bonchev–Trinajstić information content (AvgIpc) is 2.21. The molecule has 5 N–H and O–H groups in total. The molecule has 0 radical (unpaired) electrons. The van der Waals surface area contributed by atoms with Crippen LogP contribution in [-0.4, -0.2) is 31.5 Å². The fraction of sp³-hybridized carbons (Fsp3) is 0.400. The highest BCUT2D eigenvalue weighted by Gasteiger charge is 2.42. The quantitative estimate of drug-likeness (QED) is 0.491. The molecule has 9 heteroatoms. The van der Waals surface area contributed by atoms with Gasteiger partial charge < -0.3 is 24.9 Å². The van der Waals surface area contributed by atoms with E-state index < -0.39 is 27.1 Å². The van der Waals surface area contributed by atoms with Gasteiger partial charge in [0.25, 0.3) is 0 Å². The molecule has 19 heavy (non-hydrogen) atoms. The van der Waals surface area contributed by atoms with Crippen molar-refractivity contribution in [3.63, 3.8) is 0 Å². The summed E-state index contributed by atoms with van der Waals surface area (Å²) in [5, 5.41) is 0.648. The van der Waals surface area contributed by atoms with Crippen molar-refractivity contribution in [2.24, 2.45) is 0 Å². The van der Waals surface area contributed by atoms with Crippen LogP contribution in [0.4, 0.5) is 0 Å². The van der Waals surface area contributed by atoms with E-state index in [1.165, 1.54) is 0 Å². The fourth-order valence-electron chi connectivity index (χ4n) is 1.60. The zero-order valence-corrected chi connectivity index (χ0v) is 12.1. The van der Waals surface area contributed by atoms with E-state index in [0.29, 0.717) is 0 Å². The van der Waals surface area contributed by atoms with E-state index in [9.17, 15) is 9.13 Å². The van der Waals surface area contributed by atoms with E-state index in [1.807, 2.05) is 31.2 Å². The van der Waals surface area contributed by atoms with Crippen LogP contribution in [0.2, 0.25) is 0 Å². The van der Waals surface area contributed by atoms with Crippen LogP contribution < -0.4 is 5.32 Å². The van der Waals surface area contributed by atoms with Gasteiger partial charge in [-0.25, -0.2) is 0 Å². The van der Waals surface area contributed by atoms with Crippen molar-refractivity contribution >= 4 is 15.2 Å². The van der Waals surface area contributed by atoms with Crippen LogP contribution in [0.25, 0.3) is 0 Å². The van der Waals surface area contributed by atoms with E-state index in [2.05, 4.69) is 5.32 Å². The molecule has 0 aliphatic heterocycles. The van der Waals surface area contributed by atoms with E-state index >= 15 is 0 Å². The molecule has 0 heterocycles. The molecule has 1 rings (SSSR count). The van der Waals surface area contributed by atoms with Gasteiger partial charge in [0.15, 0.2) is 5.40 Å². The molecule has 0 aliphatic carbocycles. The van der Waals surface area contributed by atoms with Crippen molar-refractivity contribution in [1.29, 1.82) is 0 Å². The Morgan fingerprint density at radius 1 is 1.16 bits per heavy atom. The normalized spacial score (nSPS) is 12.9. The van der Waals surface area contributed by atoms with Crippen molar-refractivity contribution in [2.45, 2.75) is 18.9 Å². The standard InChI is InChI=1S/C10H17NO6P2/c1-8-3-2-4-9(5-8)6-11-7-10(18(12,13)14)19(15,16)17/h2-5,10-11H,6-7H2,1H3,(H2,12,13,14)(H2,15,16,17). The van der Waals surface area contributed by atoms with Gasteiger partial charge in [-0.3, -0.25) is 9.13 Å². The van der Waals surface area contributed by atoms with E-state index in [1.54, 1.807) is 0 Å². The van der Waals surface area contributed by atoms with Crippen LogP contribution in [0.5, 0.6) is 0 Å². The monoisotopic (exact) mass is 309 g/mol. The first-order valence-electron chi connectivity index (χ1n) is 5.47. The summed E-state index contributed by atoms with van der Waals surface area (Å²) < 4.78 is 22.1. The summed E-state index contributed by atoms with van der Waals surface area (Å²) in [6.07, 6.45) is 0. The number of benzene rings is 1. The molecule has 0 saturated heterocycles. The molecule has 7 nitrogen and oxygen atoms in total. The molecule has 0 saturated carbocycles. The van der Waals surface area contributed by atoms with Gasteiger partial charge in [-0.2, -0.15) is 0 Å². The predicted octanol–water partition coefficient (Wildman–Crippen LogP) is 0.766. The van der Waals surface area contributed by atoms with Gasteiger partial charge in [0.2, 0.25) is 0 Å². The minimum atomic E-state index is -4.85.